The molecule has 1 aliphatic heterocycles. The summed E-state index contributed by atoms with van der Waals surface area (Å²) in [7, 11) is 0. The minimum Gasteiger partial charge on any atom is -0.357 e. The Balaban J connectivity index is 1.89. The number of nitrogens with one attached hydrogen (secondary N) is 2. The highest BCUT2D eigenvalue weighted by atomic mass is 16.5. The quantitative estimate of drug-likeness (QED) is 0.496. The fourth-order valence-corrected chi connectivity index (χ4v) is 3.59. The molecule has 0 radical (unpaired) electrons. The van der Waals surface area contributed by atoms with E-state index in [-0.39, 0.29) is 5.92 Å². The molecule has 160 valence electrons. The zero-order chi connectivity index (χ0) is 20.4. The van der Waals surface area contributed by atoms with Gasteiger partial charge < -0.3 is 15.2 Å². The van der Waals surface area contributed by atoms with Crippen LogP contribution >= 0.6 is 0 Å². The van der Waals surface area contributed by atoms with Crippen LogP contribution in [0.15, 0.2) is 9.52 Å². The molecule has 1 fully saturated rings. The summed E-state index contributed by atoms with van der Waals surface area (Å²) in [5, 5.41) is 10.8. The van der Waals surface area contributed by atoms with Crippen LogP contribution in [-0.4, -0.2) is 59.8 Å². The van der Waals surface area contributed by atoms with E-state index in [1.807, 2.05) is 0 Å². The molecule has 1 aromatic rings. The molecule has 2 rings (SSSR count). The fourth-order valence-electron chi connectivity index (χ4n) is 3.59. The predicted octanol–water partition coefficient (Wildman–Crippen LogP) is 3.19. The van der Waals surface area contributed by atoms with Gasteiger partial charge in [-0.05, 0) is 38.8 Å². The summed E-state index contributed by atoms with van der Waals surface area (Å²) in [6, 6.07) is 0.498. The lowest BCUT2D eigenvalue weighted by atomic mass is 10.0. The Hall–Kier alpha value is -1.63. The van der Waals surface area contributed by atoms with E-state index in [9.17, 15) is 0 Å². The minimum absolute atomic E-state index is 0.288. The van der Waals surface area contributed by atoms with Gasteiger partial charge in [-0.1, -0.05) is 45.7 Å². The highest BCUT2D eigenvalue weighted by Gasteiger charge is 2.22. The van der Waals surface area contributed by atoms with Crippen LogP contribution in [0.3, 0.4) is 0 Å². The lowest BCUT2D eigenvalue weighted by molar-refractivity contribution is 0.166. The zero-order valence-electron chi connectivity index (χ0n) is 18.5. The van der Waals surface area contributed by atoms with E-state index in [0.717, 1.165) is 31.4 Å². The predicted molar refractivity (Wildman–Crippen MR) is 115 cm³/mol. The normalized spacial score (nSPS) is 17.8. The number of likely N-dealkylation sites (tertiary alicyclic amines) is 1. The largest absolute Gasteiger partial charge is 0.357 e. The molecule has 1 atom stereocenters. The molecule has 0 aliphatic carbocycles. The van der Waals surface area contributed by atoms with E-state index in [0.29, 0.717) is 24.3 Å². The van der Waals surface area contributed by atoms with Crippen molar-refractivity contribution in [3.8, 4) is 0 Å². The average molecular weight is 393 g/mol. The van der Waals surface area contributed by atoms with Gasteiger partial charge in [0.1, 0.15) is 0 Å². The molecule has 1 saturated heterocycles. The van der Waals surface area contributed by atoms with Gasteiger partial charge in [0.05, 0.1) is 6.54 Å². The van der Waals surface area contributed by atoms with Gasteiger partial charge >= 0.3 is 0 Å². The van der Waals surface area contributed by atoms with E-state index in [2.05, 4.69) is 60.3 Å². The molecule has 0 bridgehead atoms. The van der Waals surface area contributed by atoms with Crippen LogP contribution in [0.4, 0.5) is 0 Å². The fraction of sp³-hybridized carbons (Fsp3) is 0.857. The summed E-state index contributed by atoms with van der Waals surface area (Å²) in [5.74, 6) is 3.20. The Morgan fingerprint density at radius 3 is 2.39 bits per heavy atom. The third kappa shape index (κ3) is 7.41. The van der Waals surface area contributed by atoms with Crippen molar-refractivity contribution < 1.29 is 4.52 Å². The second kappa shape index (κ2) is 12.0. The second-order valence-electron chi connectivity index (χ2n) is 8.36. The number of rotatable bonds is 9. The molecule has 7 nitrogen and oxygen atoms in total. The number of aromatic nitrogens is 2. The van der Waals surface area contributed by atoms with Gasteiger partial charge in [-0.3, -0.25) is 9.89 Å². The molecule has 2 N–H and O–H groups in total. The van der Waals surface area contributed by atoms with Crippen molar-refractivity contribution in [2.75, 3.05) is 32.7 Å². The number of guanidine groups is 1. The van der Waals surface area contributed by atoms with E-state index in [1.165, 1.54) is 38.8 Å². The summed E-state index contributed by atoms with van der Waals surface area (Å²) >= 11 is 0. The molecule has 0 aromatic carbocycles. The first-order chi connectivity index (χ1) is 13.5. The maximum Gasteiger partial charge on any atom is 0.228 e. The Bertz CT molecular complexity index is 575. The van der Waals surface area contributed by atoms with Gasteiger partial charge in [-0.25, -0.2) is 0 Å². The highest BCUT2D eigenvalue weighted by molar-refractivity contribution is 5.79. The van der Waals surface area contributed by atoms with Crippen molar-refractivity contribution in [1.29, 1.82) is 0 Å². The van der Waals surface area contributed by atoms with Crippen molar-refractivity contribution >= 4 is 5.96 Å². The third-order valence-corrected chi connectivity index (χ3v) is 5.29. The van der Waals surface area contributed by atoms with Gasteiger partial charge in [0.2, 0.25) is 5.89 Å². The highest BCUT2D eigenvalue weighted by Crippen LogP contribution is 2.17. The van der Waals surface area contributed by atoms with Crippen LogP contribution < -0.4 is 10.6 Å². The van der Waals surface area contributed by atoms with Crippen LogP contribution in [0.5, 0.6) is 0 Å². The molecule has 1 unspecified atom stereocenters. The Morgan fingerprint density at radius 1 is 1.11 bits per heavy atom. The van der Waals surface area contributed by atoms with Gasteiger partial charge in [-0.15, -0.1) is 0 Å². The summed E-state index contributed by atoms with van der Waals surface area (Å²) in [5.41, 5.74) is 0. The lowest BCUT2D eigenvalue weighted by Gasteiger charge is -2.32. The van der Waals surface area contributed by atoms with E-state index >= 15 is 0 Å². The van der Waals surface area contributed by atoms with E-state index < -0.39 is 0 Å². The number of nitrogens with zero attached hydrogens (tertiary/aromatic N) is 4. The summed E-state index contributed by atoms with van der Waals surface area (Å²) in [4.78, 5) is 12.0. The molecular weight excluding hydrogens is 352 g/mol. The van der Waals surface area contributed by atoms with Crippen LogP contribution in [0, 0.1) is 5.92 Å². The first kappa shape index (κ1) is 22.7. The lowest BCUT2D eigenvalue weighted by Crippen LogP contribution is -2.44. The van der Waals surface area contributed by atoms with Crippen molar-refractivity contribution in [2.24, 2.45) is 10.9 Å². The van der Waals surface area contributed by atoms with Crippen molar-refractivity contribution in [3.05, 3.63) is 11.7 Å². The molecule has 2 heterocycles. The van der Waals surface area contributed by atoms with E-state index in [4.69, 9.17) is 9.52 Å². The van der Waals surface area contributed by atoms with E-state index in [1.54, 1.807) is 0 Å². The molecule has 28 heavy (non-hydrogen) atoms. The first-order valence-corrected chi connectivity index (χ1v) is 11.1. The minimum atomic E-state index is 0.288. The molecule has 1 aliphatic rings. The Morgan fingerprint density at radius 2 is 1.82 bits per heavy atom. The summed E-state index contributed by atoms with van der Waals surface area (Å²) in [6.07, 6.45) is 6.05. The van der Waals surface area contributed by atoms with Crippen LogP contribution in [0.2, 0.25) is 0 Å². The molecule has 0 saturated carbocycles. The van der Waals surface area contributed by atoms with Crippen molar-refractivity contribution in [2.45, 2.75) is 78.7 Å². The second-order valence-corrected chi connectivity index (χ2v) is 8.36. The maximum atomic E-state index is 5.32. The van der Waals surface area contributed by atoms with Crippen LogP contribution in [-0.2, 0) is 6.42 Å². The molecule has 0 spiro atoms. The molecule has 1 aromatic heterocycles. The maximum absolute atomic E-state index is 5.32. The molecular formula is C21H40N6O. The van der Waals surface area contributed by atoms with Gasteiger partial charge in [0.25, 0.3) is 0 Å². The standard InChI is InChI=1S/C21H40N6O/c1-6-22-21(23-12-11-19-25-20(17(4)5)26-28-19)24-15-18(16(2)3)27-13-9-7-8-10-14-27/h16-18H,6-15H2,1-5H3,(H2,22,23,24). The van der Waals surface area contributed by atoms with Gasteiger partial charge in [0.15, 0.2) is 11.8 Å². The number of hydrogen-bond acceptors (Lipinski definition) is 5. The average Bonchev–Trinajstić information content (AvgIpc) is 2.97. The van der Waals surface area contributed by atoms with Gasteiger partial charge in [0, 0.05) is 31.5 Å². The third-order valence-electron chi connectivity index (χ3n) is 5.29. The SMILES string of the molecule is CCNC(=NCC(C(C)C)N1CCCCCC1)NCCc1nc(C(C)C)no1. The number of aliphatic imine (C=N–C) groups is 1. The van der Waals surface area contributed by atoms with Gasteiger partial charge in [-0.2, -0.15) is 4.98 Å². The summed E-state index contributed by atoms with van der Waals surface area (Å²) in [6.45, 7) is 15.7. The summed E-state index contributed by atoms with van der Waals surface area (Å²) < 4.78 is 5.32. The Kier molecular flexibility index (Phi) is 9.75. The van der Waals surface area contributed by atoms with Crippen molar-refractivity contribution in [1.82, 2.24) is 25.7 Å². The topological polar surface area (TPSA) is 78.6 Å². The number of hydrogen-bond donors (Lipinski definition) is 2. The monoisotopic (exact) mass is 392 g/mol. The smallest absolute Gasteiger partial charge is 0.228 e. The van der Waals surface area contributed by atoms with Crippen molar-refractivity contribution in [3.63, 3.8) is 0 Å². The first-order valence-electron chi connectivity index (χ1n) is 11.1. The molecule has 0 amide bonds. The van der Waals surface area contributed by atoms with Crippen LogP contribution in [0.1, 0.15) is 77.9 Å². The molecule has 7 heteroatoms. The Labute approximate surface area is 170 Å². The zero-order valence-corrected chi connectivity index (χ0v) is 18.5. The van der Waals surface area contributed by atoms with Crippen LogP contribution in [0.25, 0.3) is 0 Å².